The van der Waals surface area contributed by atoms with Crippen molar-refractivity contribution in [1.82, 2.24) is 0 Å². The lowest BCUT2D eigenvalue weighted by Gasteiger charge is -2.03. The third-order valence-corrected chi connectivity index (χ3v) is 6.01. The van der Waals surface area contributed by atoms with E-state index in [1.165, 1.54) is 28.7 Å². The first kappa shape index (κ1) is 21.0. The van der Waals surface area contributed by atoms with Gasteiger partial charge in [-0.3, -0.25) is 0 Å². The van der Waals surface area contributed by atoms with Gasteiger partial charge in [0, 0.05) is 9.40 Å². The molecular formula is C22H14N2O4S2. The molecule has 0 saturated heterocycles. The molecule has 2 aromatic heterocycles. The fraction of sp³-hybridized carbons (Fsp3) is 0.0909. The zero-order valence-electron chi connectivity index (χ0n) is 15.7. The minimum atomic E-state index is -0.991. The van der Waals surface area contributed by atoms with Crippen LogP contribution in [0.1, 0.15) is 38.8 Å². The van der Waals surface area contributed by atoms with Gasteiger partial charge in [-0.2, -0.15) is 10.5 Å². The second kappa shape index (κ2) is 9.19. The Kier molecular flexibility index (Phi) is 6.43. The zero-order chi connectivity index (χ0) is 21.7. The summed E-state index contributed by atoms with van der Waals surface area (Å²) in [5.74, 6) is -1.36. The number of carbonyl (C=O) groups is 2. The van der Waals surface area contributed by atoms with Gasteiger partial charge in [-0.05, 0) is 64.9 Å². The van der Waals surface area contributed by atoms with Crippen molar-refractivity contribution in [1.29, 1.82) is 10.5 Å². The highest BCUT2D eigenvalue weighted by Crippen LogP contribution is 2.27. The largest absolute Gasteiger partial charge is 0.478 e. The van der Waals surface area contributed by atoms with Crippen LogP contribution in [0.5, 0.6) is 0 Å². The molecule has 30 heavy (non-hydrogen) atoms. The molecule has 0 atom stereocenters. The first-order valence-corrected chi connectivity index (χ1v) is 10.5. The van der Waals surface area contributed by atoms with E-state index in [0.717, 1.165) is 20.2 Å². The van der Waals surface area contributed by atoms with Gasteiger partial charge in [0.2, 0.25) is 0 Å². The number of nitriles is 2. The Morgan fingerprint density at radius 2 is 1.43 bits per heavy atom. The van der Waals surface area contributed by atoms with E-state index in [-0.39, 0.29) is 11.5 Å². The second-order valence-corrected chi connectivity index (χ2v) is 7.81. The second-order valence-electron chi connectivity index (χ2n) is 5.97. The van der Waals surface area contributed by atoms with E-state index in [1.54, 1.807) is 25.1 Å². The Balaban J connectivity index is 0.000000172. The number of carboxylic acids is 1. The molecule has 2 aromatic carbocycles. The van der Waals surface area contributed by atoms with Crippen LogP contribution < -0.4 is 0 Å². The molecular weight excluding hydrogens is 420 g/mol. The maximum absolute atomic E-state index is 11.7. The number of aromatic carboxylic acids is 1. The molecule has 0 bridgehead atoms. The van der Waals surface area contributed by atoms with Crippen molar-refractivity contribution in [3.05, 3.63) is 69.4 Å². The smallest absolute Gasteiger partial charge is 0.339 e. The quantitative estimate of drug-likeness (QED) is 0.431. The molecule has 8 heteroatoms. The summed E-state index contributed by atoms with van der Waals surface area (Å²) in [5.41, 5.74) is 1.54. The normalized spacial score (nSPS) is 9.97. The maximum atomic E-state index is 11.7. The number of carbonyl (C=O) groups excluding carboxylic acids is 1. The lowest BCUT2D eigenvalue weighted by Crippen LogP contribution is -2.05. The minimum absolute atomic E-state index is 0.203. The van der Waals surface area contributed by atoms with Gasteiger partial charge in [-0.15, -0.1) is 22.7 Å². The number of nitrogens with zero attached hydrogens (tertiary/aromatic N) is 2. The van der Waals surface area contributed by atoms with Crippen molar-refractivity contribution in [2.75, 3.05) is 6.61 Å². The van der Waals surface area contributed by atoms with Gasteiger partial charge in [0.25, 0.3) is 0 Å². The highest BCUT2D eigenvalue weighted by molar-refractivity contribution is 7.18. The van der Waals surface area contributed by atoms with Crippen LogP contribution in [-0.4, -0.2) is 23.7 Å². The van der Waals surface area contributed by atoms with Gasteiger partial charge in [-0.1, -0.05) is 0 Å². The van der Waals surface area contributed by atoms with Crippen LogP contribution in [0.25, 0.3) is 20.2 Å². The van der Waals surface area contributed by atoms with Gasteiger partial charge in [0.05, 0.1) is 41.0 Å². The van der Waals surface area contributed by atoms with E-state index in [1.807, 2.05) is 35.0 Å². The lowest BCUT2D eigenvalue weighted by molar-refractivity contribution is 0.0528. The number of benzene rings is 2. The molecule has 0 saturated carbocycles. The summed E-state index contributed by atoms with van der Waals surface area (Å²) < 4.78 is 6.55. The van der Waals surface area contributed by atoms with Gasteiger partial charge in [0.15, 0.2) is 0 Å². The molecule has 0 unspecified atom stereocenters. The zero-order valence-corrected chi connectivity index (χ0v) is 17.3. The predicted molar refractivity (Wildman–Crippen MR) is 116 cm³/mol. The topological polar surface area (TPSA) is 111 Å². The van der Waals surface area contributed by atoms with Crippen LogP contribution in [0.3, 0.4) is 0 Å². The first-order chi connectivity index (χ1) is 14.5. The molecule has 0 fully saturated rings. The van der Waals surface area contributed by atoms with E-state index in [0.29, 0.717) is 23.3 Å². The van der Waals surface area contributed by atoms with Crippen molar-refractivity contribution in [2.24, 2.45) is 0 Å². The Bertz CT molecular complexity index is 1340. The van der Waals surface area contributed by atoms with Crippen molar-refractivity contribution in [2.45, 2.75) is 6.92 Å². The number of esters is 1. The monoisotopic (exact) mass is 434 g/mol. The molecule has 6 nitrogen and oxygen atoms in total. The van der Waals surface area contributed by atoms with Gasteiger partial charge in [0.1, 0.15) is 0 Å². The Labute approximate surface area is 179 Å². The molecule has 1 N–H and O–H groups in total. The van der Waals surface area contributed by atoms with Crippen LogP contribution in [-0.2, 0) is 4.74 Å². The van der Waals surface area contributed by atoms with Crippen LogP contribution in [0, 0.1) is 22.7 Å². The predicted octanol–water partition coefficient (Wildman–Crippen LogP) is 5.42. The highest BCUT2D eigenvalue weighted by atomic mass is 32.1. The molecule has 4 rings (SSSR count). The highest BCUT2D eigenvalue weighted by Gasteiger charge is 2.14. The summed E-state index contributed by atoms with van der Waals surface area (Å²) in [5, 5.41) is 31.9. The summed E-state index contributed by atoms with van der Waals surface area (Å²) in [6.07, 6.45) is 0. The van der Waals surface area contributed by atoms with Crippen LogP contribution >= 0.6 is 22.7 Å². The summed E-state index contributed by atoms with van der Waals surface area (Å²) in [4.78, 5) is 22.6. The number of carboxylic acid groups (broad SMARTS) is 1. The van der Waals surface area contributed by atoms with Gasteiger partial charge < -0.3 is 9.84 Å². The van der Waals surface area contributed by atoms with E-state index in [9.17, 15) is 9.59 Å². The number of rotatable bonds is 3. The van der Waals surface area contributed by atoms with E-state index >= 15 is 0 Å². The fourth-order valence-corrected chi connectivity index (χ4v) is 4.58. The van der Waals surface area contributed by atoms with E-state index in [4.69, 9.17) is 20.4 Å². The average Bonchev–Trinajstić information content (AvgIpc) is 3.41. The summed E-state index contributed by atoms with van der Waals surface area (Å²) in [6, 6.07) is 14.1. The van der Waals surface area contributed by atoms with Crippen LogP contribution in [0.15, 0.2) is 47.2 Å². The van der Waals surface area contributed by atoms with Crippen molar-refractivity contribution < 1.29 is 19.4 Å². The molecule has 0 radical (unpaired) electrons. The molecule has 0 amide bonds. The molecule has 0 aliphatic rings. The molecule has 0 spiro atoms. The van der Waals surface area contributed by atoms with Gasteiger partial charge in [-0.25, -0.2) is 9.59 Å². The fourth-order valence-electron chi connectivity index (χ4n) is 2.81. The van der Waals surface area contributed by atoms with Gasteiger partial charge >= 0.3 is 11.9 Å². The number of fused-ring (bicyclic) bond motifs is 2. The minimum Gasteiger partial charge on any atom is -0.478 e. The number of hydrogen-bond donors (Lipinski definition) is 1. The van der Waals surface area contributed by atoms with Crippen LogP contribution in [0.2, 0.25) is 0 Å². The summed E-state index contributed by atoms with van der Waals surface area (Å²) >= 11 is 2.85. The third kappa shape index (κ3) is 4.31. The molecule has 148 valence electrons. The molecule has 2 heterocycles. The van der Waals surface area contributed by atoms with Crippen molar-refractivity contribution >= 4 is 54.8 Å². The lowest BCUT2D eigenvalue weighted by atomic mass is 10.1. The Morgan fingerprint density at radius 3 is 1.90 bits per heavy atom. The summed E-state index contributed by atoms with van der Waals surface area (Å²) in [6.45, 7) is 2.10. The SMILES string of the molecule is CCOC(=O)c1cc(C#N)cc2ccsc12.N#Cc1cc(C(=O)O)c2sccc2c1. The maximum Gasteiger partial charge on any atom is 0.339 e. The van der Waals surface area contributed by atoms with Crippen molar-refractivity contribution in [3.63, 3.8) is 0 Å². The third-order valence-electron chi connectivity index (χ3n) is 4.09. The standard InChI is InChI=1S/C12H9NO2S.C10H5NO2S/c1-2-15-12(14)10-6-8(7-13)5-9-3-4-16-11(9)10;11-5-6-3-7-1-2-14-9(7)8(4-6)10(12)13/h3-6H,2H2,1H3;1-4H,(H,12,13). The summed E-state index contributed by atoms with van der Waals surface area (Å²) in [7, 11) is 0. The number of thiophene rings is 2. The van der Waals surface area contributed by atoms with Crippen molar-refractivity contribution in [3.8, 4) is 12.1 Å². The number of ether oxygens (including phenoxy) is 1. The van der Waals surface area contributed by atoms with Crippen LogP contribution in [0.4, 0.5) is 0 Å². The Morgan fingerprint density at radius 1 is 0.933 bits per heavy atom. The number of hydrogen-bond acceptors (Lipinski definition) is 7. The molecule has 0 aliphatic heterocycles. The average molecular weight is 434 g/mol. The first-order valence-electron chi connectivity index (χ1n) is 8.71. The Hall–Kier alpha value is -3.72. The van der Waals surface area contributed by atoms with E-state index < -0.39 is 5.97 Å². The molecule has 0 aliphatic carbocycles. The van der Waals surface area contributed by atoms with E-state index in [2.05, 4.69) is 0 Å². The molecule has 4 aromatic rings.